The van der Waals surface area contributed by atoms with Gasteiger partial charge in [0, 0.05) is 27.2 Å². The van der Waals surface area contributed by atoms with Crippen LogP contribution in [0.3, 0.4) is 0 Å². The summed E-state index contributed by atoms with van der Waals surface area (Å²) in [6.07, 6.45) is 3.58. The number of anilines is 1. The smallest absolute Gasteiger partial charge is 0.332 e. The third-order valence-electron chi connectivity index (χ3n) is 6.51. The van der Waals surface area contributed by atoms with Gasteiger partial charge in [-0.15, -0.1) is 0 Å². The highest BCUT2D eigenvalue weighted by atomic mass is 16.5. The number of carbonyl (C=O) groups excluding carboxylic acids is 2. The van der Waals surface area contributed by atoms with Crippen LogP contribution in [-0.2, 0) is 30.2 Å². The monoisotopic (exact) mass is 466 g/mol. The van der Waals surface area contributed by atoms with Crippen LogP contribution in [0.25, 0.3) is 11.2 Å². The van der Waals surface area contributed by atoms with Crippen LogP contribution in [0.4, 0.5) is 5.69 Å². The van der Waals surface area contributed by atoms with E-state index in [2.05, 4.69) is 4.98 Å². The van der Waals surface area contributed by atoms with E-state index in [0.29, 0.717) is 24.5 Å². The van der Waals surface area contributed by atoms with Gasteiger partial charge in [0.25, 0.3) is 11.5 Å². The van der Waals surface area contributed by atoms with Gasteiger partial charge >= 0.3 is 5.69 Å². The second-order valence-corrected chi connectivity index (χ2v) is 8.73. The fraction of sp³-hybridized carbons (Fsp3) is 0.435. The SMILES string of the molecule is Cn1cnc2c1c(=O)n(CC(=O)N1CC(C(=O)N3CCCCC3)Oc3ccccc31)c(=O)n2C. The molecule has 2 aromatic heterocycles. The normalized spacial score (nSPS) is 18.0. The molecule has 1 unspecified atom stereocenters. The molecule has 2 amide bonds. The van der Waals surface area contributed by atoms with Gasteiger partial charge in [-0.05, 0) is 31.4 Å². The molecule has 0 spiro atoms. The number of hydrogen-bond donors (Lipinski definition) is 0. The highest BCUT2D eigenvalue weighted by Gasteiger charge is 2.36. The highest BCUT2D eigenvalue weighted by molar-refractivity contribution is 5.97. The van der Waals surface area contributed by atoms with Crippen molar-refractivity contribution in [1.82, 2.24) is 23.6 Å². The number of fused-ring (bicyclic) bond motifs is 2. The van der Waals surface area contributed by atoms with Crippen LogP contribution in [0.5, 0.6) is 5.75 Å². The van der Waals surface area contributed by atoms with Gasteiger partial charge in [0.15, 0.2) is 17.3 Å². The van der Waals surface area contributed by atoms with Crippen molar-refractivity contribution >= 4 is 28.7 Å². The number of likely N-dealkylation sites (tertiary alicyclic amines) is 1. The molecule has 1 saturated heterocycles. The molecule has 2 aliphatic rings. The Labute approximate surface area is 194 Å². The number of aromatic nitrogens is 4. The molecule has 2 aliphatic heterocycles. The Morgan fingerprint density at radius 2 is 1.82 bits per heavy atom. The number of nitrogens with zero attached hydrogens (tertiary/aromatic N) is 6. The van der Waals surface area contributed by atoms with E-state index in [1.54, 1.807) is 36.2 Å². The minimum atomic E-state index is -0.851. The highest BCUT2D eigenvalue weighted by Crippen LogP contribution is 2.34. The second-order valence-electron chi connectivity index (χ2n) is 8.73. The van der Waals surface area contributed by atoms with Crippen molar-refractivity contribution in [2.75, 3.05) is 24.5 Å². The Kier molecular flexibility index (Phi) is 5.46. The summed E-state index contributed by atoms with van der Waals surface area (Å²) >= 11 is 0. The van der Waals surface area contributed by atoms with Gasteiger partial charge < -0.3 is 19.1 Å². The van der Waals surface area contributed by atoms with E-state index in [4.69, 9.17) is 4.74 Å². The molecule has 11 nitrogen and oxygen atoms in total. The summed E-state index contributed by atoms with van der Waals surface area (Å²) in [6, 6.07) is 6.96. The topological polar surface area (TPSA) is 112 Å². The van der Waals surface area contributed by atoms with Crippen molar-refractivity contribution in [1.29, 1.82) is 0 Å². The summed E-state index contributed by atoms with van der Waals surface area (Å²) in [5, 5.41) is 0. The number of carbonyl (C=O) groups is 2. The zero-order chi connectivity index (χ0) is 24.0. The van der Waals surface area contributed by atoms with Gasteiger partial charge in [-0.25, -0.2) is 14.3 Å². The first-order valence-corrected chi connectivity index (χ1v) is 11.3. The molecule has 11 heteroatoms. The van der Waals surface area contributed by atoms with Crippen LogP contribution in [0.1, 0.15) is 19.3 Å². The predicted molar refractivity (Wildman–Crippen MR) is 124 cm³/mol. The predicted octanol–water partition coefficient (Wildman–Crippen LogP) is 0.240. The minimum Gasteiger partial charge on any atom is -0.476 e. The van der Waals surface area contributed by atoms with Crippen molar-refractivity contribution in [3.63, 3.8) is 0 Å². The van der Waals surface area contributed by atoms with Crippen LogP contribution in [-0.4, -0.2) is 61.1 Å². The second kappa shape index (κ2) is 8.47. The van der Waals surface area contributed by atoms with Gasteiger partial charge in [0.2, 0.25) is 5.91 Å². The lowest BCUT2D eigenvalue weighted by Gasteiger charge is -2.37. The quantitative estimate of drug-likeness (QED) is 0.547. The van der Waals surface area contributed by atoms with Crippen LogP contribution in [0, 0.1) is 0 Å². The lowest BCUT2D eigenvalue weighted by atomic mass is 10.1. The molecule has 5 rings (SSSR count). The van der Waals surface area contributed by atoms with E-state index in [9.17, 15) is 19.2 Å². The average molecular weight is 466 g/mol. The Bertz CT molecular complexity index is 1400. The molecule has 4 heterocycles. The molecule has 34 heavy (non-hydrogen) atoms. The van der Waals surface area contributed by atoms with E-state index in [1.165, 1.54) is 27.4 Å². The summed E-state index contributed by atoms with van der Waals surface area (Å²) in [5.74, 6) is -0.218. The largest absolute Gasteiger partial charge is 0.476 e. The fourth-order valence-corrected chi connectivity index (χ4v) is 4.67. The number of para-hydroxylation sites is 2. The number of benzene rings is 1. The number of hydrogen-bond acceptors (Lipinski definition) is 6. The molecule has 1 aromatic carbocycles. The third-order valence-corrected chi connectivity index (χ3v) is 6.51. The first kappa shape index (κ1) is 21.9. The Hall–Kier alpha value is -3.89. The number of ether oxygens (including phenoxy) is 1. The summed E-state index contributed by atoms with van der Waals surface area (Å²) in [6.45, 7) is 0.884. The summed E-state index contributed by atoms with van der Waals surface area (Å²) in [4.78, 5) is 59.9. The van der Waals surface area contributed by atoms with Crippen LogP contribution in [0.2, 0.25) is 0 Å². The zero-order valence-electron chi connectivity index (χ0n) is 19.1. The lowest BCUT2D eigenvalue weighted by Crippen LogP contribution is -2.54. The summed E-state index contributed by atoms with van der Waals surface area (Å²) in [7, 11) is 3.16. The number of rotatable bonds is 3. The van der Waals surface area contributed by atoms with Crippen molar-refractivity contribution in [3.05, 3.63) is 51.4 Å². The fourth-order valence-electron chi connectivity index (χ4n) is 4.67. The van der Waals surface area contributed by atoms with Gasteiger partial charge in [-0.3, -0.25) is 19.0 Å². The molecule has 0 bridgehead atoms. The Morgan fingerprint density at radius 3 is 2.59 bits per heavy atom. The van der Waals surface area contributed by atoms with Crippen molar-refractivity contribution < 1.29 is 14.3 Å². The Balaban J connectivity index is 1.48. The van der Waals surface area contributed by atoms with Gasteiger partial charge in [-0.2, -0.15) is 0 Å². The Morgan fingerprint density at radius 1 is 1.09 bits per heavy atom. The van der Waals surface area contributed by atoms with E-state index in [1.807, 2.05) is 0 Å². The number of amides is 2. The van der Waals surface area contributed by atoms with Crippen molar-refractivity contribution in [2.24, 2.45) is 14.1 Å². The molecule has 0 radical (unpaired) electrons. The molecule has 3 aromatic rings. The molecule has 1 atom stereocenters. The summed E-state index contributed by atoms with van der Waals surface area (Å²) in [5.41, 5.74) is -0.233. The van der Waals surface area contributed by atoms with Crippen molar-refractivity contribution in [3.8, 4) is 5.75 Å². The maximum absolute atomic E-state index is 13.5. The molecular formula is C23H26N6O5. The maximum Gasteiger partial charge on any atom is 0.332 e. The van der Waals surface area contributed by atoms with Gasteiger partial charge in [0.05, 0.1) is 18.6 Å². The third kappa shape index (κ3) is 3.57. The first-order chi connectivity index (χ1) is 16.4. The summed E-state index contributed by atoms with van der Waals surface area (Å²) < 4.78 is 9.66. The molecule has 178 valence electrons. The zero-order valence-corrected chi connectivity index (χ0v) is 19.1. The minimum absolute atomic E-state index is 0.00814. The van der Waals surface area contributed by atoms with Crippen LogP contribution in [0.15, 0.2) is 40.2 Å². The lowest BCUT2D eigenvalue weighted by molar-refractivity contribution is -0.139. The number of aryl methyl sites for hydroxylation is 2. The molecule has 1 fully saturated rings. The van der Waals surface area contributed by atoms with E-state index in [-0.39, 0.29) is 23.6 Å². The first-order valence-electron chi connectivity index (χ1n) is 11.3. The van der Waals surface area contributed by atoms with E-state index < -0.39 is 29.8 Å². The van der Waals surface area contributed by atoms with E-state index in [0.717, 1.165) is 23.8 Å². The van der Waals surface area contributed by atoms with E-state index >= 15 is 0 Å². The van der Waals surface area contributed by atoms with Crippen LogP contribution < -0.4 is 20.9 Å². The standard InChI is InChI=1S/C23H26N6O5/c1-25-14-24-20-19(25)22(32)29(23(33)26(20)2)13-18(30)28-12-17(21(31)27-10-6-3-7-11-27)34-16-9-5-4-8-15(16)28/h4-5,8-9,14,17H,3,6-7,10-13H2,1-2H3. The van der Waals surface area contributed by atoms with Gasteiger partial charge in [0.1, 0.15) is 12.3 Å². The molecule has 0 aliphatic carbocycles. The maximum atomic E-state index is 13.5. The number of imidazole rings is 1. The van der Waals surface area contributed by atoms with Gasteiger partial charge in [-0.1, -0.05) is 12.1 Å². The average Bonchev–Trinajstić information content (AvgIpc) is 3.26. The molecule has 0 saturated carbocycles. The molecular weight excluding hydrogens is 440 g/mol. The van der Waals surface area contributed by atoms with Crippen molar-refractivity contribution in [2.45, 2.75) is 31.9 Å². The van der Waals surface area contributed by atoms with Crippen LogP contribution >= 0.6 is 0 Å². The number of piperidine rings is 1. The molecule has 0 N–H and O–H groups in total.